The summed E-state index contributed by atoms with van der Waals surface area (Å²) in [6.07, 6.45) is 2.44. The minimum atomic E-state index is -1.81. The molecule has 0 saturated carbocycles. The van der Waals surface area contributed by atoms with Crippen LogP contribution < -0.4 is 5.32 Å². The fourth-order valence-corrected chi connectivity index (χ4v) is 12.1. The molecule has 0 aliphatic heterocycles. The highest BCUT2D eigenvalue weighted by Gasteiger charge is 2.29. The van der Waals surface area contributed by atoms with E-state index in [-0.39, 0.29) is 50.2 Å². The maximum Gasteiger partial charge on any atom is 0.409 e. The minimum absolute atomic E-state index is 0.114. The van der Waals surface area contributed by atoms with Crippen molar-refractivity contribution < 1.29 is 144 Å². The number of hydrogen-bond acceptors (Lipinski definition) is 34. The average molecular weight is 1540 g/mol. The van der Waals surface area contributed by atoms with Crippen LogP contribution >= 0.6 is 35.3 Å². The molecule has 0 aromatic carbocycles. The fourth-order valence-electron chi connectivity index (χ4n) is 5.23. The first-order valence-electron chi connectivity index (χ1n) is 30.4. The summed E-state index contributed by atoms with van der Waals surface area (Å²) in [4.78, 5) is 65.2. The van der Waals surface area contributed by atoms with Crippen molar-refractivity contribution in [3.63, 3.8) is 0 Å². The van der Waals surface area contributed by atoms with Crippen molar-refractivity contribution in [3.8, 4) is 6.26 Å². The Bertz CT molecular complexity index is 2090. The zero-order valence-electron chi connectivity index (χ0n) is 61.5. The lowest BCUT2D eigenvalue weighted by Crippen LogP contribution is -2.36. The first-order valence-corrected chi connectivity index (χ1v) is 41.4. The summed E-state index contributed by atoms with van der Waals surface area (Å²) >= 11 is 4.25. The van der Waals surface area contributed by atoms with Gasteiger partial charge in [0.15, 0.2) is 6.73 Å². The van der Waals surface area contributed by atoms with Gasteiger partial charge in [-0.3, -0.25) is 19.7 Å². The molecule has 0 aromatic rings. The first-order chi connectivity index (χ1) is 46.3. The van der Waals surface area contributed by atoms with Gasteiger partial charge in [-0.2, -0.15) is 40.5 Å². The Kier molecular flexibility index (Phi) is 82.7. The lowest BCUT2D eigenvalue weighted by Gasteiger charge is -2.22. The van der Waals surface area contributed by atoms with Gasteiger partial charge in [0.2, 0.25) is 6.79 Å². The number of nitrogens with one attached hydrogen (secondary N) is 1. The number of ether oxygens (including phenoxy) is 10. The lowest BCUT2D eigenvalue weighted by molar-refractivity contribution is -0.147. The molecule has 0 spiro atoms. The number of rotatable bonds is 45. The number of alkyl carbamates (subject to hydrolysis) is 1. The highest BCUT2D eigenvalue weighted by molar-refractivity contribution is 7.99. The molecule has 5 unspecified atom stereocenters. The van der Waals surface area contributed by atoms with E-state index in [2.05, 4.69) is 93.2 Å². The second-order valence-corrected chi connectivity index (χ2v) is 34.6. The molecule has 99 heavy (non-hydrogen) atoms. The third-order valence-corrected chi connectivity index (χ3v) is 24.3. The number of aliphatic hydroxyl groups is 8. The summed E-state index contributed by atoms with van der Waals surface area (Å²) in [7, 11) is 9.94. The number of hydrogen-bond donors (Lipinski definition) is 9. The Morgan fingerprint density at radius 3 is 1.12 bits per heavy atom. The molecule has 584 valence electrons. The topological polar surface area (TPSA) is 448 Å². The number of thioether (sulfide) groups is 3. The van der Waals surface area contributed by atoms with Crippen LogP contribution in [0.1, 0.15) is 67.2 Å². The molecule has 0 fully saturated rings. The van der Waals surface area contributed by atoms with E-state index >= 15 is 0 Å². The van der Waals surface area contributed by atoms with Crippen LogP contribution in [0.5, 0.6) is 0 Å². The third-order valence-electron chi connectivity index (χ3n) is 11.3. The van der Waals surface area contributed by atoms with Crippen LogP contribution in [0.2, 0.25) is 37.8 Å². The number of amides is 1. The third kappa shape index (κ3) is 83.7. The first kappa shape index (κ1) is 110. The van der Waals surface area contributed by atoms with Gasteiger partial charge in [0, 0.05) is 131 Å². The second-order valence-electron chi connectivity index (χ2n) is 20.5. The summed E-state index contributed by atoms with van der Waals surface area (Å²) in [5.41, 5.74) is 0.477. The standard InChI is InChI=1S/C15H23NO8S.C9H16O5S.3C7H18O3Si.C6H7NO3.C6H14O2S.C4H6O3/c1-9(2)13(19)23-8-16-15(21)22-5-12(18)7-25-6-10(3)14(20)24-11(4)17;1-6(9(13)14-7(2)11)4-15-5-8(12)3-10;3*1-8-6-5-7-11(4,9-2)10-3;1-5(2)6(8)10-4-9-3-7;1-2-3-9-5-6(8)4-7;1-3(5)7-4(2)6/h10,12,17-18H,1,4-8H2,2-3H3,(H,16,21);6,8,10-12H,2-5H2,1H3;3*5-7H2,1-4H3;1,4H2,2H3;6-8H,2-5H2,1H3;5H,1H2,2H3. The smallest absolute Gasteiger partial charge is 0.409 e. The van der Waals surface area contributed by atoms with E-state index < -0.39 is 110 Å². The van der Waals surface area contributed by atoms with E-state index in [1.54, 1.807) is 89.6 Å². The van der Waals surface area contributed by atoms with Crippen molar-refractivity contribution in [1.29, 1.82) is 5.26 Å². The van der Waals surface area contributed by atoms with Gasteiger partial charge in [-0.05, 0) is 103 Å². The van der Waals surface area contributed by atoms with E-state index in [0.717, 1.165) is 69.4 Å². The number of nitrogens with zero attached hydrogens (tertiary/aromatic N) is 1. The van der Waals surface area contributed by atoms with E-state index in [1.807, 2.05) is 0 Å². The summed E-state index contributed by atoms with van der Waals surface area (Å²) in [5.74, 6) is -2.63. The molecular weight excluding hydrogens is 1420 g/mol. The molecule has 0 bridgehead atoms. The lowest BCUT2D eigenvalue weighted by atomic mass is 10.2. The van der Waals surface area contributed by atoms with Crippen molar-refractivity contribution in [2.24, 2.45) is 11.8 Å². The molecule has 0 aliphatic rings. The normalized spacial score (nSPS) is 11.9. The van der Waals surface area contributed by atoms with E-state index in [0.29, 0.717) is 23.0 Å². The largest absolute Gasteiger partial charge is 0.481 e. The van der Waals surface area contributed by atoms with Gasteiger partial charge >= 0.3 is 61.6 Å². The van der Waals surface area contributed by atoms with Crippen LogP contribution in [-0.4, -0.2) is 272 Å². The second kappa shape index (κ2) is 74.3. The summed E-state index contributed by atoms with van der Waals surface area (Å²) in [6.45, 7) is 32.3. The van der Waals surface area contributed by atoms with E-state index in [1.165, 1.54) is 50.6 Å². The molecule has 32 nitrogen and oxygen atoms in total. The summed E-state index contributed by atoms with van der Waals surface area (Å²) in [5, 5.41) is 79.9. The summed E-state index contributed by atoms with van der Waals surface area (Å²) in [6, 6.07) is 2.98. The van der Waals surface area contributed by atoms with Crippen LogP contribution in [0, 0.1) is 23.4 Å². The zero-order chi connectivity index (χ0) is 78.4. The number of aliphatic hydroxyl groups excluding tert-OH is 8. The molecule has 9 N–H and O–H groups in total. The molecule has 0 radical (unpaired) electrons. The molecule has 1 amide bonds. The Labute approximate surface area is 603 Å². The maximum absolute atomic E-state index is 11.4. The molecular formula is C61H120N2O30S3Si3. The van der Waals surface area contributed by atoms with Crippen molar-refractivity contribution in [2.75, 3.05) is 152 Å². The molecule has 0 rings (SSSR count). The predicted molar refractivity (Wildman–Crippen MR) is 386 cm³/mol. The molecule has 0 aliphatic carbocycles. The Morgan fingerprint density at radius 2 is 0.848 bits per heavy atom. The highest BCUT2D eigenvalue weighted by atomic mass is 32.2. The van der Waals surface area contributed by atoms with Crippen molar-refractivity contribution in [3.05, 3.63) is 61.9 Å². The molecule has 38 heteroatoms. The van der Waals surface area contributed by atoms with Crippen LogP contribution in [0.3, 0.4) is 0 Å². The van der Waals surface area contributed by atoms with Crippen LogP contribution in [0.25, 0.3) is 0 Å². The number of carbonyl (C=O) groups is 6. The molecule has 5 atom stereocenters. The number of methoxy groups -OCH3 is 3. The Balaban J connectivity index is -0.000000165. The van der Waals surface area contributed by atoms with Crippen molar-refractivity contribution >= 4 is 96.9 Å². The summed E-state index contributed by atoms with van der Waals surface area (Å²) < 4.78 is 77.2. The van der Waals surface area contributed by atoms with Gasteiger partial charge in [-0.1, -0.05) is 33.9 Å². The van der Waals surface area contributed by atoms with Gasteiger partial charge in [-0.25, -0.2) is 14.4 Å². The van der Waals surface area contributed by atoms with Crippen molar-refractivity contribution in [2.45, 2.75) is 123 Å². The van der Waals surface area contributed by atoms with Crippen molar-refractivity contribution in [1.82, 2.24) is 5.32 Å². The average Bonchev–Trinajstić information content (AvgIpc) is 1.22. The fraction of sp³-hybridized carbons (Fsp3) is 0.721. The van der Waals surface area contributed by atoms with Gasteiger partial charge in [0.1, 0.15) is 6.61 Å². The monoisotopic (exact) mass is 1540 g/mol. The van der Waals surface area contributed by atoms with Crippen LogP contribution in [0.15, 0.2) is 61.9 Å². The minimum Gasteiger partial charge on any atom is -0.481 e. The van der Waals surface area contributed by atoms with Gasteiger partial charge < -0.3 is 115 Å². The van der Waals surface area contributed by atoms with Crippen LogP contribution in [-0.2, 0) is 97.9 Å². The van der Waals surface area contributed by atoms with Gasteiger partial charge in [0.25, 0.3) is 24.1 Å². The molecule has 0 aromatic heterocycles. The number of esters is 5. The molecule has 0 heterocycles. The number of nitriles is 1. The Morgan fingerprint density at radius 1 is 0.515 bits per heavy atom. The quantitative estimate of drug-likeness (QED) is 0.00426. The zero-order valence-corrected chi connectivity index (χ0v) is 67.0. The predicted octanol–water partition coefficient (Wildman–Crippen LogP) is 7.16. The Hall–Kier alpha value is -4.85. The highest BCUT2D eigenvalue weighted by Crippen LogP contribution is 2.17. The van der Waals surface area contributed by atoms with E-state index in [4.69, 9.17) is 86.5 Å². The SMILES string of the molecule is C=C(C)C(=O)OCOC#N.C=C(O)OC(=O)C(C)CSCC(O)CO.C=C(O)OC(=O)C(C)CSCC(O)COC(=O)NCOC(=O)C(=C)C.C=C(O)OC(C)=O.CCCSCC(O)CO.COCCC[Si](C)(OC)OC.COCCC[Si](C)(OC)OC.COCCC[Si](C)(OC)OC. The van der Waals surface area contributed by atoms with Crippen LogP contribution in [0.4, 0.5) is 4.79 Å². The van der Waals surface area contributed by atoms with Gasteiger partial charge in [-0.15, -0.1) is 0 Å². The molecule has 0 saturated heterocycles. The van der Waals surface area contributed by atoms with Gasteiger partial charge in [0.05, 0.1) is 43.4 Å². The maximum atomic E-state index is 11.4. The number of carbonyl (C=O) groups excluding carboxylic acids is 6. The van der Waals surface area contributed by atoms with E-state index in [9.17, 15) is 33.9 Å².